The van der Waals surface area contributed by atoms with Crippen LogP contribution in [0.3, 0.4) is 0 Å². The average Bonchev–Trinajstić information content (AvgIpc) is 0. The molecule has 0 aliphatic carbocycles. The third-order valence-electron chi connectivity index (χ3n) is 0. The summed E-state index contributed by atoms with van der Waals surface area (Å²) in [4.78, 5) is 0. The Hall–Kier alpha value is 1.02. The van der Waals surface area contributed by atoms with E-state index in [4.69, 9.17) is 0 Å². The van der Waals surface area contributed by atoms with Gasteiger partial charge in [-0.05, 0) is 0 Å². The molecule has 0 bridgehead atoms. The molecule has 0 radical (unpaired) electrons. The molecule has 6 nitrogen and oxygen atoms in total. The molecule has 0 fully saturated rings. The molecule has 0 saturated carbocycles. The van der Waals surface area contributed by atoms with Crippen molar-refractivity contribution < 1.29 is 35.7 Å². The number of rotatable bonds is 0. The van der Waals surface area contributed by atoms with Crippen LogP contribution in [0.25, 0.3) is 0 Å². The van der Waals surface area contributed by atoms with Crippen LogP contribution >= 0.6 is 0 Å². The zero-order valence-electron chi connectivity index (χ0n) is 5.71. The third kappa shape index (κ3) is 170. The Morgan fingerprint density at radius 1 is 0.429 bits per heavy atom. The average molecular weight is 150 g/mol. The molecule has 0 aliphatic heterocycles. The molecule has 0 atom stereocenters. The first-order valence-corrected chi connectivity index (χ1v) is 0. The van der Waals surface area contributed by atoms with Crippen molar-refractivity contribution in [2.45, 2.75) is 0 Å². The Morgan fingerprint density at radius 3 is 0.429 bits per heavy atom. The summed E-state index contributed by atoms with van der Waals surface area (Å²) >= 11 is 0. The Bertz CT molecular complexity index is 11.0. The second kappa shape index (κ2) is 245. The molecule has 52 valence electrons. The van der Waals surface area contributed by atoms with Crippen LogP contribution in [0.5, 0.6) is 0 Å². The fraction of sp³-hybridized carbons (Fsp3) is 0. The van der Waals surface area contributed by atoms with Gasteiger partial charge in [0.05, 0.1) is 0 Å². The fourth-order valence-electron chi connectivity index (χ4n) is 0. The Balaban J connectivity index is 0. The van der Waals surface area contributed by atoms with E-state index >= 15 is 0 Å². The standard InChI is InChI=1S/Ca.6H2O.2H/h;6*1H2;;/q+2;;;;;;;2*-1. The Morgan fingerprint density at radius 2 is 0.429 bits per heavy atom. The van der Waals surface area contributed by atoms with Gasteiger partial charge < -0.3 is 35.7 Å². The van der Waals surface area contributed by atoms with Crippen molar-refractivity contribution in [3.8, 4) is 0 Å². The summed E-state index contributed by atoms with van der Waals surface area (Å²) in [5.41, 5.74) is 0. The molecular formula is H14CaO6. The summed E-state index contributed by atoms with van der Waals surface area (Å²) in [5, 5.41) is 0. The van der Waals surface area contributed by atoms with Crippen molar-refractivity contribution in [3.63, 3.8) is 0 Å². The molecule has 0 aromatic heterocycles. The molecule has 7 heavy (non-hydrogen) atoms. The number of hydrogen-bond acceptors (Lipinski definition) is 0. The van der Waals surface area contributed by atoms with Crippen LogP contribution in [0.2, 0.25) is 0 Å². The van der Waals surface area contributed by atoms with E-state index < -0.39 is 0 Å². The predicted octanol–water partition coefficient (Wildman–Crippen LogP) is -5.10. The van der Waals surface area contributed by atoms with Gasteiger partial charge in [-0.15, -0.1) is 0 Å². The molecule has 0 rings (SSSR count). The molecule has 0 saturated heterocycles. The molecule has 0 heterocycles. The minimum absolute atomic E-state index is 0. The van der Waals surface area contributed by atoms with E-state index in [9.17, 15) is 0 Å². The zero-order valence-corrected chi connectivity index (χ0v) is 5.92. The van der Waals surface area contributed by atoms with E-state index in [2.05, 4.69) is 0 Å². The van der Waals surface area contributed by atoms with Gasteiger partial charge in [0.15, 0.2) is 0 Å². The number of hydrogen-bond donors (Lipinski definition) is 0. The minimum Gasteiger partial charge on any atom is -1.00 e. The SMILES string of the molecule is O.O.O.O.O.O.[Ca+2].[H-].[H-]. The summed E-state index contributed by atoms with van der Waals surface area (Å²) in [6, 6.07) is 0. The van der Waals surface area contributed by atoms with Crippen LogP contribution in [0.1, 0.15) is 2.85 Å². The first-order valence-electron chi connectivity index (χ1n) is 0. The molecule has 0 aliphatic rings. The van der Waals surface area contributed by atoms with Gasteiger partial charge in [0.2, 0.25) is 0 Å². The molecule has 0 unspecified atom stereocenters. The van der Waals surface area contributed by atoms with E-state index in [1.807, 2.05) is 0 Å². The van der Waals surface area contributed by atoms with Gasteiger partial charge in [0, 0.05) is 0 Å². The maximum atomic E-state index is 0. The van der Waals surface area contributed by atoms with E-state index in [1.54, 1.807) is 0 Å². The van der Waals surface area contributed by atoms with E-state index in [1.165, 1.54) is 0 Å². The quantitative estimate of drug-likeness (QED) is 0.299. The van der Waals surface area contributed by atoms with Crippen molar-refractivity contribution in [3.05, 3.63) is 0 Å². The topological polar surface area (TPSA) is 189 Å². The van der Waals surface area contributed by atoms with Crippen LogP contribution in [0.15, 0.2) is 0 Å². The first kappa shape index (κ1) is 380. The smallest absolute Gasteiger partial charge is 1.00 e. The Labute approximate surface area is 73.3 Å². The van der Waals surface area contributed by atoms with Gasteiger partial charge >= 0.3 is 37.7 Å². The molecule has 12 N–H and O–H groups in total. The largest absolute Gasteiger partial charge is 2.00 e. The Kier molecular flexibility index (Phi) is 13300. The monoisotopic (exact) mass is 150 g/mol. The van der Waals surface area contributed by atoms with Gasteiger partial charge in [0.1, 0.15) is 0 Å². The van der Waals surface area contributed by atoms with Gasteiger partial charge in [0.25, 0.3) is 0 Å². The molecule has 0 aromatic carbocycles. The van der Waals surface area contributed by atoms with E-state index in [0.717, 1.165) is 0 Å². The molecule has 0 amide bonds. The second-order valence-electron chi connectivity index (χ2n) is 0. The zero-order chi connectivity index (χ0) is 0. The van der Waals surface area contributed by atoms with Gasteiger partial charge in [-0.3, -0.25) is 0 Å². The van der Waals surface area contributed by atoms with Crippen LogP contribution in [-0.2, 0) is 0 Å². The van der Waals surface area contributed by atoms with Crippen molar-refractivity contribution in [2.75, 3.05) is 0 Å². The second-order valence-corrected chi connectivity index (χ2v) is 0. The summed E-state index contributed by atoms with van der Waals surface area (Å²) in [7, 11) is 0. The van der Waals surface area contributed by atoms with Gasteiger partial charge in [-0.2, -0.15) is 0 Å². The summed E-state index contributed by atoms with van der Waals surface area (Å²) in [6.07, 6.45) is 0. The minimum atomic E-state index is 0. The van der Waals surface area contributed by atoms with Gasteiger partial charge in [-0.1, -0.05) is 0 Å². The predicted molar refractivity (Wildman–Crippen MR) is 29.7 cm³/mol. The third-order valence-corrected chi connectivity index (χ3v) is 0. The van der Waals surface area contributed by atoms with E-state index in [0.29, 0.717) is 0 Å². The maximum Gasteiger partial charge on any atom is 2.00 e. The summed E-state index contributed by atoms with van der Waals surface area (Å²) < 4.78 is 0. The van der Waals surface area contributed by atoms with E-state index in [-0.39, 0.29) is 73.4 Å². The van der Waals surface area contributed by atoms with Crippen molar-refractivity contribution in [2.24, 2.45) is 0 Å². The maximum absolute atomic E-state index is 0. The molecule has 7 heteroatoms. The molecule has 0 aromatic rings. The molecule has 0 spiro atoms. The van der Waals surface area contributed by atoms with Crippen LogP contribution in [0.4, 0.5) is 0 Å². The first-order chi connectivity index (χ1) is 0. The van der Waals surface area contributed by atoms with Crippen molar-refractivity contribution >= 4 is 37.7 Å². The normalized spacial score (nSPS) is 0. The summed E-state index contributed by atoms with van der Waals surface area (Å²) in [6.45, 7) is 0. The van der Waals surface area contributed by atoms with Crippen LogP contribution in [-0.4, -0.2) is 70.6 Å². The summed E-state index contributed by atoms with van der Waals surface area (Å²) in [5.74, 6) is 0. The van der Waals surface area contributed by atoms with Gasteiger partial charge in [-0.25, -0.2) is 0 Å². The van der Waals surface area contributed by atoms with Crippen LogP contribution in [0, 0.1) is 0 Å². The van der Waals surface area contributed by atoms with Crippen LogP contribution < -0.4 is 0 Å². The fourth-order valence-corrected chi connectivity index (χ4v) is 0. The van der Waals surface area contributed by atoms with Crippen molar-refractivity contribution in [1.82, 2.24) is 0 Å². The molecular weight excluding hydrogens is 136 g/mol. The van der Waals surface area contributed by atoms with Crippen molar-refractivity contribution in [1.29, 1.82) is 0 Å².